The van der Waals surface area contributed by atoms with Gasteiger partial charge in [-0.2, -0.15) is 0 Å². The van der Waals surface area contributed by atoms with Gasteiger partial charge >= 0.3 is 0 Å². The van der Waals surface area contributed by atoms with Gasteiger partial charge in [0.1, 0.15) is 5.82 Å². The molecule has 1 aromatic heterocycles. The molecular weight excluding hydrogens is 390 g/mol. The highest BCUT2D eigenvalue weighted by Crippen LogP contribution is 2.34. The van der Waals surface area contributed by atoms with Crippen molar-refractivity contribution >= 4 is 33.2 Å². The highest BCUT2D eigenvalue weighted by atomic mass is 32.2. The number of carbonyl (C=O) groups is 2. The number of fused-ring (bicyclic) bond motifs is 1. The van der Waals surface area contributed by atoms with Gasteiger partial charge in [-0.05, 0) is 55.7 Å². The average Bonchev–Trinajstić information content (AvgIpc) is 3.02. The molecule has 29 heavy (non-hydrogen) atoms. The van der Waals surface area contributed by atoms with E-state index in [1.165, 1.54) is 6.07 Å². The van der Waals surface area contributed by atoms with Gasteiger partial charge in [0.2, 0.25) is 11.8 Å². The summed E-state index contributed by atoms with van der Waals surface area (Å²) in [6.45, 7) is 5.65. The normalized spacial score (nSPS) is 15.8. The number of pyridine rings is 1. The molecule has 154 valence electrons. The summed E-state index contributed by atoms with van der Waals surface area (Å²) in [5, 5.41) is 2.61. The zero-order valence-corrected chi connectivity index (χ0v) is 17.6. The molecule has 3 rings (SSSR count). The largest absolute Gasteiger partial charge is 0.311 e. The molecule has 1 aliphatic heterocycles. The van der Waals surface area contributed by atoms with Crippen LogP contribution in [-0.2, 0) is 25.8 Å². The number of carbonyl (C=O) groups excluding carboxylic acids is 2. The Bertz CT molecular complexity index is 1030. The van der Waals surface area contributed by atoms with E-state index in [0.29, 0.717) is 18.7 Å². The fourth-order valence-corrected chi connectivity index (χ4v) is 4.73. The average molecular weight is 416 g/mol. The lowest BCUT2D eigenvalue weighted by atomic mass is 10.1. The number of amides is 2. The molecule has 0 saturated carbocycles. The first kappa shape index (κ1) is 21.0. The minimum absolute atomic E-state index is 0.00295. The maximum atomic E-state index is 12.7. The van der Waals surface area contributed by atoms with E-state index in [1.54, 1.807) is 29.3 Å². The van der Waals surface area contributed by atoms with Gasteiger partial charge in [-0.3, -0.25) is 9.59 Å². The van der Waals surface area contributed by atoms with Crippen molar-refractivity contribution < 1.29 is 18.0 Å². The van der Waals surface area contributed by atoms with Crippen molar-refractivity contribution in [3.63, 3.8) is 0 Å². The summed E-state index contributed by atoms with van der Waals surface area (Å²) < 4.78 is 25.4. The molecule has 0 saturated heterocycles. The summed E-state index contributed by atoms with van der Waals surface area (Å²) >= 11 is 0. The Labute approximate surface area is 171 Å². The van der Waals surface area contributed by atoms with Crippen molar-refractivity contribution in [2.45, 2.75) is 51.0 Å². The molecule has 8 heteroatoms. The number of nitrogens with zero attached hydrogens (tertiary/aromatic N) is 2. The molecule has 2 amide bonds. The molecule has 1 atom stereocenters. The number of nitrogens with one attached hydrogen (secondary N) is 1. The molecule has 0 fully saturated rings. The van der Waals surface area contributed by atoms with Crippen molar-refractivity contribution in [3.8, 4) is 0 Å². The van der Waals surface area contributed by atoms with Crippen LogP contribution in [0.1, 0.15) is 37.8 Å². The molecule has 0 aliphatic carbocycles. The SMILES string of the molecule is CCC(=O)N1c2ccc(S(=O)(=O)CCC(=O)Nc3ccc(C)cn3)cc2C[C@H]1C. The summed E-state index contributed by atoms with van der Waals surface area (Å²) in [4.78, 5) is 30.3. The monoisotopic (exact) mass is 415 g/mol. The number of aryl methyl sites for hydroxylation is 1. The maximum Gasteiger partial charge on any atom is 0.226 e. The van der Waals surface area contributed by atoms with E-state index in [2.05, 4.69) is 10.3 Å². The van der Waals surface area contributed by atoms with E-state index in [0.717, 1.165) is 16.8 Å². The van der Waals surface area contributed by atoms with Gasteiger partial charge < -0.3 is 10.2 Å². The van der Waals surface area contributed by atoms with Crippen molar-refractivity contribution in [2.24, 2.45) is 0 Å². The molecule has 0 bridgehead atoms. The van der Waals surface area contributed by atoms with E-state index in [9.17, 15) is 18.0 Å². The first-order valence-corrected chi connectivity index (χ1v) is 11.3. The Morgan fingerprint density at radius 1 is 1.24 bits per heavy atom. The Kier molecular flexibility index (Phi) is 6.02. The number of hydrogen-bond acceptors (Lipinski definition) is 5. The number of hydrogen-bond donors (Lipinski definition) is 1. The summed E-state index contributed by atoms with van der Waals surface area (Å²) in [7, 11) is -3.62. The quantitative estimate of drug-likeness (QED) is 0.783. The number of benzene rings is 1. The van der Waals surface area contributed by atoms with Crippen LogP contribution in [0.2, 0.25) is 0 Å². The third kappa shape index (κ3) is 4.64. The second-order valence-corrected chi connectivity index (χ2v) is 9.41. The van der Waals surface area contributed by atoms with E-state index in [1.807, 2.05) is 26.8 Å². The predicted molar refractivity (Wildman–Crippen MR) is 112 cm³/mol. The molecule has 0 unspecified atom stereocenters. The summed E-state index contributed by atoms with van der Waals surface area (Å²) in [5.41, 5.74) is 2.58. The van der Waals surface area contributed by atoms with Crippen molar-refractivity contribution in [1.82, 2.24) is 4.98 Å². The molecule has 0 spiro atoms. The van der Waals surface area contributed by atoms with Crippen molar-refractivity contribution in [1.29, 1.82) is 0 Å². The van der Waals surface area contributed by atoms with Crippen molar-refractivity contribution in [2.75, 3.05) is 16.0 Å². The van der Waals surface area contributed by atoms with Crippen LogP contribution >= 0.6 is 0 Å². The van der Waals surface area contributed by atoms with Gasteiger partial charge in [0.25, 0.3) is 0 Å². The lowest BCUT2D eigenvalue weighted by molar-refractivity contribution is -0.118. The standard InChI is InChI=1S/C21H25N3O4S/c1-4-21(26)24-15(3)11-16-12-17(6-7-18(16)24)29(27,28)10-9-20(25)23-19-8-5-14(2)13-22-19/h5-8,12-13,15H,4,9-11H2,1-3H3,(H,22,23,25)/t15-/m1/s1. The third-order valence-electron chi connectivity index (χ3n) is 4.97. The molecule has 1 N–H and O–H groups in total. The van der Waals surface area contributed by atoms with Gasteiger partial charge in [-0.25, -0.2) is 13.4 Å². The second kappa shape index (κ2) is 8.32. The van der Waals surface area contributed by atoms with Crippen LogP contribution in [0.25, 0.3) is 0 Å². The lowest BCUT2D eigenvalue weighted by Gasteiger charge is -2.22. The van der Waals surface area contributed by atoms with Crippen molar-refractivity contribution in [3.05, 3.63) is 47.7 Å². The number of aromatic nitrogens is 1. The molecule has 2 heterocycles. The maximum absolute atomic E-state index is 12.7. The topological polar surface area (TPSA) is 96.4 Å². The number of anilines is 2. The minimum atomic E-state index is -3.62. The van der Waals surface area contributed by atoms with Crippen LogP contribution in [-0.4, -0.2) is 37.0 Å². The van der Waals surface area contributed by atoms with E-state index >= 15 is 0 Å². The first-order valence-electron chi connectivity index (χ1n) is 9.61. The van der Waals surface area contributed by atoms with Crippen LogP contribution in [0.5, 0.6) is 0 Å². The lowest BCUT2D eigenvalue weighted by Crippen LogP contribution is -2.35. The smallest absolute Gasteiger partial charge is 0.226 e. The van der Waals surface area contributed by atoms with Crippen LogP contribution < -0.4 is 10.2 Å². The van der Waals surface area contributed by atoms with Gasteiger partial charge in [0, 0.05) is 30.8 Å². The van der Waals surface area contributed by atoms with Gasteiger partial charge in [-0.1, -0.05) is 13.0 Å². The molecule has 0 radical (unpaired) electrons. The summed E-state index contributed by atoms with van der Waals surface area (Å²) in [6.07, 6.45) is 2.48. The Morgan fingerprint density at radius 2 is 2.00 bits per heavy atom. The summed E-state index contributed by atoms with van der Waals surface area (Å²) in [6, 6.07) is 8.33. The zero-order chi connectivity index (χ0) is 21.2. The fourth-order valence-electron chi connectivity index (χ4n) is 3.44. The third-order valence-corrected chi connectivity index (χ3v) is 6.69. The zero-order valence-electron chi connectivity index (χ0n) is 16.8. The summed E-state index contributed by atoms with van der Waals surface area (Å²) in [5.74, 6) is -0.283. The number of sulfone groups is 1. The van der Waals surface area contributed by atoms with Crippen LogP contribution in [0.4, 0.5) is 11.5 Å². The molecule has 2 aromatic rings. The molecular formula is C21H25N3O4S. The van der Waals surface area contributed by atoms with Gasteiger partial charge in [0.05, 0.1) is 10.6 Å². The van der Waals surface area contributed by atoms with Gasteiger partial charge in [-0.15, -0.1) is 0 Å². The highest BCUT2D eigenvalue weighted by Gasteiger charge is 2.31. The minimum Gasteiger partial charge on any atom is -0.311 e. The fraction of sp³-hybridized carbons (Fsp3) is 0.381. The van der Waals surface area contributed by atoms with E-state index < -0.39 is 15.7 Å². The Morgan fingerprint density at radius 3 is 2.66 bits per heavy atom. The molecule has 1 aromatic carbocycles. The highest BCUT2D eigenvalue weighted by molar-refractivity contribution is 7.91. The van der Waals surface area contributed by atoms with Gasteiger partial charge in [0.15, 0.2) is 9.84 Å². The molecule has 7 nitrogen and oxygen atoms in total. The number of rotatable bonds is 6. The Balaban J connectivity index is 1.69. The van der Waals surface area contributed by atoms with E-state index in [4.69, 9.17) is 0 Å². The van der Waals surface area contributed by atoms with E-state index in [-0.39, 0.29) is 29.0 Å². The predicted octanol–water partition coefficient (Wildman–Crippen LogP) is 2.88. The van der Waals surface area contributed by atoms with Crippen LogP contribution in [0.15, 0.2) is 41.4 Å². The van der Waals surface area contributed by atoms with Crippen LogP contribution in [0.3, 0.4) is 0 Å². The Hall–Kier alpha value is -2.74. The second-order valence-electron chi connectivity index (χ2n) is 7.30. The first-order chi connectivity index (χ1) is 13.7. The van der Waals surface area contributed by atoms with Crippen LogP contribution in [0, 0.1) is 6.92 Å². The molecule has 1 aliphatic rings.